The molecule has 0 saturated carbocycles. The standard InChI is InChI=1S/C10H10ClN3OS.C4H9NO.CH4O.3CH4/c11-10-12-7-1-6-16-8(7)9(13-10)14-2-4-15-5-3-14;1-3-6-4-2-5-1;1-2;;;/h1,6H,2-5H2;5H,1-4H2;2H,1H3;3*1H4. The topological polar surface area (TPSA) is 79.7 Å². The van der Waals surface area contributed by atoms with Crippen LogP contribution >= 0.6 is 22.9 Å². The van der Waals surface area contributed by atoms with Crippen molar-refractivity contribution in [1.29, 1.82) is 0 Å². The monoisotopic (exact) mass is 422 g/mol. The van der Waals surface area contributed by atoms with Crippen molar-refractivity contribution in [3.63, 3.8) is 0 Å². The van der Waals surface area contributed by atoms with E-state index in [1.807, 2.05) is 11.4 Å². The molecule has 7 nitrogen and oxygen atoms in total. The number of nitrogens with zero attached hydrogens (tertiary/aromatic N) is 3. The highest BCUT2D eigenvalue weighted by Gasteiger charge is 2.17. The zero-order valence-electron chi connectivity index (χ0n) is 13.7. The molecule has 2 aromatic rings. The average molecular weight is 423 g/mol. The van der Waals surface area contributed by atoms with E-state index in [-0.39, 0.29) is 22.3 Å². The molecule has 2 aliphatic rings. The zero-order chi connectivity index (χ0) is 17.2. The number of anilines is 1. The van der Waals surface area contributed by atoms with E-state index in [1.54, 1.807) is 11.3 Å². The lowest BCUT2D eigenvalue weighted by Gasteiger charge is -2.28. The van der Waals surface area contributed by atoms with Gasteiger partial charge in [0.1, 0.15) is 0 Å². The summed E-state index contributed by atoms with van der Waals surface area (Å²) in [5, 5.41) is 12.5. The summed E-state index contributed by atoms with van der Waals surface area (Å²) in [6.45, 7) is 7.05. The molecular weight excluding hydrogens is 388 g/mol. The van der Waals surface area contributed by atoms with Crippen molar-refractivity contribution in [2.45, 2.75) is 22.3 Å². The van der Waals surface area contributed by atoms with Crippen LogP contribution in [0.2, 0.25) is 5.28 Å². The summed E-state index contributed by atoms with van der Waals surface area (Å²) >= 11 is 7.57. The van der Waals surface area contributed by atoms with Crippen LogP contribution in [-0.2, 0) is 9.47 Å². The van der Waals surface area contributed by atoms with Gasteiger partial charge in [-0.25, -0.2) is 4.98 Å². The number of morpholine rings is 2. The molecule has 0 unspecified atom stereocenters. The first kappa shape index (κ1) is 28.2. The Labute approximate surface area is 172 Å². The van der Waals surface area contributed by atoms with Crippen molar-refractivity contribution < 1.29 is 14.6 Å². The summed E-state index contributed by atoms with van der Waals surface area (Å²) < 4.78 is 11.4. The molecule has 4 heterocycles. The van der Waals surface area contributed by atoms with Gasteiger partial charge in [0.2, 0.25) is 5.28 Å². The first-order valence-corrected chi connectivity index (χ1v) is 9.07. The lowest BCUT2D eigenvalue weighted by molar-refractivity contribution is 0.109. The van der Waals surface area contributed by atoms with Gasteiger partial charge in [0.25, 0.3) is 0 Å². The smallest absolute Gasteiger partial charge is 0.224 e. The van der Waals surface area contributed by atoms with Crippen molar-refractivity contribution in [3.05, 3.63) is 16.7 Å². The number of aliphatic hydroxyl groups excluding tert-OH is 1. The molecule has 2 aromatic heterocycles. The molecule has 0 radical (unpaired) electrons. The number of fused-ring (bicyclic) bond motifs is 1. The van der Waals surface area contributed by atoms with E-state index in [0.717, 1.165) is 75.8 Å². The fraction of sp³-hybridized carbons (Fsp3) is 0.667. The second kappa shape index (κ2) is 16.0. The van der Waals surface area contributed by atoms with E-state index in [1.165, 1.54) is 0 Å². The molecule has 0 spiro atoms. The fourth-order valence-electron chi connectivity index (χ4n) is 2.33. The van der Waals surface area contributed by atoms with Gasteiger partial charge >= 0.3 is 0 Å². The number of nitrogens with one attached hydrogen (secondary N) is 1. The highest BCUT2D eigenvalue weighted by atomic mass is 35.5. The highest BCUT2D eigenvalue weighted by Crippen LogP contribution is 2.30. The lowest BCUT2D eigenvalue weighted by Crippen LogP contribution is -2.36. The van der Waals surface area contributed by atoms with Gasteiger partial charge in [0.15, 0.2) is 5.82 Å². The van der Waals surface area contributed by atoms with Gasteiger partial charge in [-0.1, -0.05) is 22.3 Å². The predicted molar refractivity (Wildman–Crippen MR) is 117 cm³/mol. The minimum Gasteiger partial charge on any atom is -0.400 e. The molecule has 0 aromatic carbocycles. The van der Waals surface area contributed by atoms with Crippen molar-refractivity contribution in [2.24, 2.45) is 0 Å². The third-order valence-electron chi connectivity index (χ3n) is 3.42. The predicted octanol–water partition coefficient (Wildman–Crippen LogP) is 3.30. The number of aliphatic hydroxyl groups is 1. The van der Waals surface area contributed by atoms with E-state index in [0.29, 0.717) is 5.28 Å². The normalized spacial score (nSPS) is 15.6. The van der Waals surface area contributed by atoms with Gasteiger partial charge in [-0.15, -0.1) is 11.3 Å². The van der Waals surface area contributed by atoms with E-state index in [2.05, 4.69) is 20.2 Å². The van der Waals surface area contributed by atoms with Crippen LogP contribution in [0, 0.1) is 0 Å². The molecule has 2 fully saturated rings. The van der Waals surface area contributed by atoms with Crippen LogP contribution in [0.1, 0.15) is 22.3 Å². The van der Waals surface area contributed by atoms with E-state index < -0.39 is 0 Å². The van der Waals surface area contributed by atoms with E-state index >= 15 is 0 Å². The molecule has 27 heavy (non-hydrogen) atoms. The number of hydrogen-bond donors (Lipinski definition) is 2. The molecule has 0 bridgehead atoms. The molecule has 2 saturated heterocycles. The fourth-order valence-corrected chi connectivity index (χ4v) is 3.34. The Kier molecular flexibility index (Phi) is 16.7. The number of aromatic nitrogens is 2. The summed E-state index contributed by atoms with van der Waals surface area (Å²) in [6, 6.07) is 1.97. The maximum atomic E-state index is 7.00. The van der Waals surface area contributed by atoms with E-state index in [4.69, 9.17) is 26.2 Å². The Hall–Kier alpha value is -1.03. The third-order valence-corrected chi connectivity index (χ3v) is 4.48. The maximum absolute atomic E-state index is 7.00. The SMILES string of the molecule is C.C.C.C1COCCN1.CO.Clc1nc(N2CCOCC2)c2sccc2n1. The number of hydrogen-bond acceptors (Lipinski definition) is 8. The number of rotatable bonds is 1. The average Bonchev–Trinajstić information content (AvgIpc) is 3.14. The summed E-state index contributed by atoms with van der Waals surface area (Å²) in [5.41, 5.74) is 0.923. The van der Waals surface area contributed by atoms with E-state index in [9.17, 15) is 0 Å². The Bertz CT molecular complexity index is 594. The van der Waals surface area contributed by atoms with Gasteiger partial charge in [0.05, 0.1) is 36.6 Å². The Morgan fingerprint density at radius 1 is 1.04 bits per heavy atom. The first-order valence-electron chi connectivity index (χ1n) is 7.81. The van der Waals surface area contributed by atoms with Crippen LogP contribution in [0.3, 0.4) is 0 Å². The van der Waals surface area contributed by atoms with Crippen LogP contribution in [0.5, 0.6) is 0 Å². The molecule has 2 N–H and O–H groups in total. The molecular formula is C18H35ClN4O3S. The maximum Gasteiger partial charge on any atom is 0.224 e. The van der Waals surface area contributed by atoms with Gasteiger partial charge in [0, 0.05) is 33.3 Å². The van der Waals surface area contributed by atoms with Crippen molar-refractivity contribution >= 4 is 39.0 Å². The Morgan fingerprint density at radius 2 is 1.63 bits per heavy atom. The van der Waals surface area contributed by atoms with Crippen LogP contribution in [0.4, 0.5) is 5.82 Å². The summed E-state index contributed by atoms with van der Waals surface area (Å²) in [7, 11) is 1.00. The summed E-state index contributed by atoms with van der Waals surface area (Å²) in [4.78, 5) is 10.7. The van der Waals surface area contributed by atoms with Crippen molar-refractivity contribution in [1.82, 2.24) is 15.3 Å². The molecule has 0 aliphatic carbocycles. The van der Waals surface area contributed by atoms with Crippen molar-refractivity contribution in [2.75, 3.05) is 64.6 Å². The zero-order valence-corrected chi connectivity index (χ0v) is 15.3. The highest BCUT2D eigenvalue weighted by molar-refractivity contribution is 7.17. The summed E-state index contributed by atoms with van der Waals surface area (Å²) in [6.07, 6.45) is 0. The Balaban J connectivity index is 0. The third kappa shape index (κ3) is 8.68. The summed E-state index contributed by atoms with van der Waals surface area (Å²) in [5.74, 6) is 0.938. The molecule has 2 aliphatic heterocycles. The van der Waals surface area contributed by atoms with Crippen LogP contribution < -0.4 is 10.2 Å². The van der Waals surface area contributed by atoms with Crippen LogP contribution in [0.25, 0.3) is 10.2 Å². The lowest BCUT2D eigenvalue weighted by atomic mass is 10.3. The molecule has 0 atom stereocenters. The number of ether oxygens (including phenoxy) is 2. The molecule has 9 heteroatoms. The Morgan fingerprint density at radius 3 is 2.15 bits per heavy atom. The van der Waals surface area contributed by atoms with Crippen LogP contribution in [0.15, 0.2) is 11.4 Å². The van der Waals surface area contributed by atoms with Gasteiger partial charge in [-0.3, -0.25) is 0 Å². The minimum absolute atomic E-state index is 0. The van der Waals surface area contributed by atoms with Crippen molar-refractivity contribution in [3.8, 4) is 0 Å². The van der Waals surface area contributed by atoms with Gasteiger partial charge in [-0.05, 0) is 23.0 Å². The first-order chi connectivity index (χ1) is 11.8. The second-order valence-corrected chi connectivity index (χ2v) is 6.17. The molecule has 158 valence electrons. The van der Waals surface area contributed by atoms with Crippen LogP contribution in [-0.4, -0.2) is 74.8 Å². The number of thiophene rings is 1. The second-order valence-electron chi connectivity index (χ2n) is 4.91. The number of halogens is 1. The van der Waals surface area contributed by atoms with Gasteiger partial charge < -0.3 is 24.8 Å². The minimum atomic E-state index is 0. The largest absolute Gasteiger partial charge is 0.400 e. The quantitative estimate of drug-likeness (QED) is 0.682. The molecule has 0 amide bonds. The van der Waals surface area contributed by atoms with Gasteiger partial charge in [-0.2, -0.15) is 4.98 Å². The molecule has 4 rings (SSSR count).